The molecule has 0 saturated carbocycles. The highest BCUT2D eigenvalue weighted by molar-refractivity contribution is 7.98. The topological polar surface area (TPSA) is 113 Å². The number of nitrogens with zero attached hydrogens (tertiary/aromatic N) is 2. The second-order valence-electron chi connectivity index (χ2n) is 6.15. The highest BCUT2D eigenvalue weighted by atomic mass is 32.2. The molecule has 1 aliphatic rings. The lowest BCUT2D eigenvalue weighted by molar-refractivity contribution is -0.134. The van der Waals surface area contributed by atoms with Crippen LogP contribution >= 0.6 is 11.8 Å². The number of thioether (sulfide) groups is 1. The van der Waals surface area contributed by atoms with Crippen LogP contribution in [0.15, 0.2) is 23.1 Å². The van der Waals surface area contributed by atoms with E-state index in [0.29, 0.717) is 18.2 Å². The van der Waals surface area contributed by atoms with Gasteiger partial charge in [0.15, 0.2) is 0 Å². The van der Waals surface area contributed by atoms with Crippen molar-refractivity contribution in [3.63, 3.8) is 0 Å². The van der Waals surface area contributed by atoms with Crippen molar-refractivity contribution in [1.82, 2.24) is 14.5 Å². The summed E-state index contributed by atoms with van der Waals surface area (Å²) >= 11 is 1.51. The maximum absolute atomic E-state index is 13.9. The number of halogens is 2. The Morgan fingerprint density at radius 2 is 1.89 bits per heavy atom. The van der Waals surface area contributed by atoms with Crippen molar-refractivity contribution < 1.29 is 26.8 Å². The summed E-state index contributed by atoms with van der Waals surface area (Å²) in [4.78, 5) is 24.5. The summed E-state index contributed by atoms with van der Waals surface area (Å²) in [5.74, 6) is -1.63. The number of hydrogen-bond acceptors (Lipinski definition) is 5. The third-order valence-corrected chi connectivity index (χ3v) is 6.84. The van der Waals surface area contributed by atoms with Crippen LogP contribution in [0.5, 0.6) is 0 Å². The molecule has 2 rings (SSSR count). The number of carbonyl (C=O) groups is 2. The quantitative estimate of drug-likeness (QED) is 0.650. The monoisotopic (exact) mass is 436 g/mol. The predicted octanol–water partition coefficient (Wildman–Crippen LogP) is 0.588. The molecule has 1 fully saturated rings. The van der Waals surface area contributed by atoms with Crippen LogP contribution in [0.1, 0.15) is 6.42 Å². The Bertz CT molecular complexity index is 830. The number of carbonyl (C=O) groups excluding carboxylic acids is 2. The summed E-state index contributed by atoms with van der Waals surface area (Å²) in [6.07, 6.45) is 2.25. The van der Waals surface area contributed by atoms with Crippen LogP contribution in [0.4, 0.5) is 13.6 Å². The summed E-state index contributed by atoms with van der Waals surface area (Å²) in [5.41, 5.74) is 5.12. The average Bonchev–Trinajstić information content (AvgIpc) is 2.66. The van der Waals surface area contributed by atoms with E-state index in [1.165, 1.54) is 16.7 Å². The molecule has 3 amide bonds. The van der Waals surface area contributed by atoms with Gasteiger partial charge in [0.1, 0.15) is 22.6 Å². The smallest absolute Gasteiger partial charge is 0.312 e. The number of urea groups is 1. The van der Waals surface area contributed by atoms with Crippen LogP contribution < -0.4 is 11.1 Å². The number of hydrogen-bond donors (Lipinski definition) is 2. The van der Waals surface area contributed by atoms with Crippen molar-refractivity contribution in [3.8, 4) is 0 Å². The fraction of sp³-hybridized carbons (Fsp3) is 0.500. The molecule has 1 aromatic carbocycles. The summed E-state index contributed by atoms with van der Waals surface area (Å²) in [5, 5.41) is 2.40. The Morgan fingerprint density at radius 3 is 2.46 bits per heavy atom. The zero-order chi connectivity index (χ0) is 20.9. The van der Waals surface area contributed by atoms with E-state index in [1.54, 1.807) is 0 Å². The molecular formula is C16H22F2N4O4S2. The Balaban J connectivity index is 2.07. The highest BCUT2D eigenvalue weighted by Gasteiger charge is 2.34. The second kappa shape index (κ2) is 9.52. The Morgan fingerprint density at radius 1 is 1.25 bits per heavy atom. The van der Waals surface area contributed by atoms with Gasteiger partial charge in [-0.2, -0.15) is 16.1 Å². The molecule has 1 atom stereocenters. The van der Waals surface area contributed by atoms with Gasteiger partial charge >= 0.3 is 6.03 Å². The Labute approximate surface area is 166 Å². The minimum absolute atomic E-state index is 0.0607. The van der Waals surface area contributed by atoms with Crippen molar-refractivity contribution in [2.24, 2.45) is 5.73 Å². The maximum Gasteiger partial charge on any atom is 0.312 e. The maximum atomic E-state index is 13.9. The van der Waals surface area contributed by atoms with E-state index in [1.807, 2.05) is 6.26 Å². The van der Waals surface area contributed by atoms with Crippen LogP contribution in [0.2, 0.25) is 0 Å². The van der Waals surface area contributed by atoms with Crippen LogP contribution in [-0.4, -0.2) is 73.8 Å². The van der Waals surface area contributed by atoms with Gasteiger partial charge in [-0.25, -0.2) is 22.0 Å². The van der Waals surface area contributed by atoms with Crippen molar-refractivity contribution in [2.75, 3.05) is 38.2 Å². The molecule has 0 spiro atoms. The van der Waals surface area contributed by atoms with Crippen molar-refractivity contribution >= 4 is 33.7 Å². The number of piperazine rings is 1. The van der Waals surface area contributed by atoms with Gasteiger partial charge in [0.25, 0.3) is 0 Å². The van der Waals surface area contributed by atoms with E-state index in [4.69, 9.17) is 5.73 Å². The molecule has 1 aliphatic heterocycles. The van der Waals surface area contributed by atoms with Crippen LogP contribution in [0.3, 0.4) is 0 Å². The Hall–Kier alpha value is -1.92. The number of sulfonamides is 1. The molecule has 3 N–H and O–H groups in total. The summed E-state index contributed by atoms with van der Waals surface area (Å²) in [6, 6.07) is 0.618. The summed E-state index contributed by atoms with van der Waals surface area (Å²) in [7, 11) is -4.23. The number of rotatable bonds is 7. The lowest BCUT2D eigenvalue weighted by Gasteiger charge is -2.35. The number of nitrogens with one attached hydrogen (secondary N) is 1. The molecule has 1 aromatic rings. The zero-order valence-electron chi connectivity index (χ0n) is 15.2. The first-order chi connectivity index (χ1) is 13.2. The molecule has 1 saturated heterocycles. The van der Waals surface area contributed by atoms with Crippen LogP contribution in [0, 0.1) is 11.6 Å². The van der Waals surface area contributed by atoms with E-state index in [0.717, 1.165) is 16.4 Å². The molecule has 0 radical (unpaired) electrons. The Kier molecular flexibility index (Phi) is 7.61. The zero-order valence-corrected chi connectivity index (χ0v) is 16.9. The summed E-state index contributed by atoms with van der Waals surface area (Å²) < 4.78 is 53.4. The lowest BCUT2D eigenvalue weighted by atomic mass is 10.2. The molecule has 0 aliphatic carbocycles. The number of primary amides is 1. The molecule has 0 bridgehead atoms. The molecule has 8 nitrogen and oxygen atoms in total. The van der Waals surface area contributed by atoms with Crippen molar-refractivity contribution in [1.29, 1.82) is 0 Å². The fourth-order valence-corrected chi connectivity index (χ4v) is 4.82. The molecule has 12 heteroatoms. The molecule has 156 valence electrons. The molecule has 1 heterocycles. The first kappa shape index (κ1) is 22.4. The third kappa shape index (κ3) is 5.32. The fourth-order valence-electron chi connectivity index (χ4n) is 2.85. The van der Waals surface area contributed by atoms with Gasteiger partial charge < -0.3 is 16.0 Å². The number of nitrogens with two attached hydrogens (primary N) is 1. The van der Waals surface area contributed by atoms with Crippen LogP contribution in [-0.2, 0) is 14.8 Å². The first-order valence-electron chi connectivity index (χ1n) is 8.45. The predicted molar refractivity (Wildman–Crippen MR) is 101 cm³/mol. The van der Waals surface area contributed by atoms with Gasteiger partial charge in [0.2, 0.25) is 15.9 Å². The van der Waals surface area contributed by atoms with Gasteiger partial charge in [-0.1, -0.05) is 0 Å². The van der Waals surface area contributed by atoms with Gasteiger partial charge in [0, 0.05) is 26.2 Å². The van der Waals surface area contributed by atoms with E-state index < -0.39 is 38.6 Å². The highest BCUT2D eigenvalue weighted by Crippen LogP contribution is 2.22. The summed E-state index contributed by atoms with van der Waals surface area (Å²) in [6.45, 7) is -0.0257. The van der Waals surface area contributed by atoms with Gasteiger partial charge in [-0.15, -0.1) is 0 Å². The van der Waals surface area contributed by atoms with E-state index in [-0.39, 0.29) is 32.1 Å². The molecular weight excluding hydrogens is 414 g/mol. The molecule has 28 heavy (non-hydrogen) atoms. The minimum Gasteiger partial charge on any atom is -0.352 e. The van der Waals surface area contributed by atoms with Gasteiger partial charge in [0.05, 0.1) is 0 Å². The van der Waals surface area contributed by atoms with Crippen LogP contribution in [0.25, 0.3) is 0 Å². The molecule has 0 aromatic heterocycles. The van der Waals surface area contributed by atoms with E-state index in [2.05, 4.69) is 5.32 Å². The first-order valence-corrected chi connectivity index (χ1v) is 11.3. The van der Waals surface area contributed by atoms with E-state index >= 15 is 0 Å². The lowest BCUT2D eigenvalue weighted by Crippen LogP contribution is -2.56. The average molecular weight is 437 g/mol. The molecule has 1 unspecified atom stereocenters. The largest absolute Gasteiger partial charge is 0.352 e. The van der Waals surface area contributed by atoms with Gasteiger partial charge in [-0.05, 0) is 36.6 Å². The minimum atomic E-state index is -4.23. The van der Waals surface area contributed by atoms with Crippen molar-refractivity contribution in [3.05, 3.63) is 29.8 Å². The normalized spacial score (nSPS) is 16.6. The standard InChI is InChI=1S/C16H22F2N4O4S2/c1-27-9-4-13(20-16(19)24)15(23)21-5-7-22(8-6-21)28(25,26)14-10-11(17)2-3-12(14)18/h2-3,10,13H,4-9H2,1H3,(H3,19,20,24). The van der Waals surface area contributed by atoms with Crippen molar-refractivity contribution in [2.45, 2.75) is 17.4 Å². The number of amides is 3. The second-order valence-corrected chi connectivity index (χ2v) is 9.04. The number of benzene rings is 1. The van der Waals surface area contributed by atoms with E-state index in [9.17, 15) is 26.8 Å². The SMILES string of the molecule is CSCCC(NC(N)=O)C(=O)N1CCN(S(=O)(=O)c2cc(F)ccc2F)CC1. The third-order valence-electron chi connectivity index (χ3n) is 4.29. The van der Waals surface area contributed by atoms with Gasteiger partial charge in [-0.3, -0.25) is 4.79 Å².